The number of hydrogen-bond donors (Lipinski definition) is 2. The monoisotopic (exact) mass is 318 g/mol. The normalized spacial score (nSPS) is 11.0. The zero-order valence-electron chi connectivity index (χ0n) is 11.6. The highest BCUT2D eigenvalue weighted by molar-refractivity contribution is 7.21. The van der Waals surface area contributed by atoms with Crippen LogP contribution in [0.2, 0.25) is 0 Å². The Morgan fingerprint density at radius 3 is 2.90 bits per heavy atom. The molecule has 0 atom stereocenters. The maximum atomic E-state index is 12.4. The summed E-state index contributed by atoms with van der Waals surface area (Å²) in [6, 6.07) is 1.82. The number of fused-ring (bicyclic) bond motifs is 1. The number of carbonyl (C=O) groups excluding carboxylic acids is 1. The lowest BCUT2D eigenvalue weighted by atomic mass is 10.2. The zero-order chi connectivity index (χ0) is 15.0. The number of anilines is 2. The van der Waals surface area contributed by atoms with E-state index in [1.807, 2.05) is 19.9 Å². The highest BCUT2D eigenvalue weighted by Gasteiger charge is 2.18. The second-order valence-electron chi connectivity index (χ2n) is 4.55. The first-order valence-corrected chi connectivity index (χ1v) is 8.13. The molecule has 3 aromatic heterocycles. The summed E-state index contributed by atoms with van der Waals surface area (Å²) in [5, 5.41) is 4.31. The van der Waals surface area contributed by atoms with Crippen molar-refractivity contribution in [1.82, 2.24) is 9.97 Å². The maximum Gasteiger partial charge on any atom is 0.269 e. The molecule has 0 bridgehead atoms. The molecule has 0 aliphatic heterocycles. The number of aromatic nitrogens is 2. The fourth-order valence-electron chi connectivity index (χ4n) is 2.10. The van der Waals surface area contributed by atoms with Gasteiger partial charge in [0, 0.05) is 22.7 Å². The summed E-state index contributed by atoms with van der Waals surface area (Å²) < 4.78 is 0.907. The SMILES string of the molecule is CCc1nc(NC(=O)c2sc3cnccc3c2N)sc1C. The smallest absolute Gasteiger partial charge is 0.269 e. The number of aryl methyl sites for hydroxylation is 2. The van der Waals surface area contributed by atoms with E-state index in [4.69, 9.17) is 5.73 Å². The Labute approximate surface area is 129 Å². The van der Waals surface area contributed by atoms with E-state index in [0.29, 0.717) is 15.7 Å². The number of nitrogens with one attached hydrogen (secondary N) is 1. The summed E-state index contributed by atoms with van der Waals surface area (Å²) >= 11 is 2.83. The van der Waals surface area contributed by atoms with Crippen molar-refractivity contribution in [3.8, 4) is 0 Å². The zero-order valence-corrected chi connectivity index (χ0v) is 13.3. The van der Waals surface area contributed by atoms with Crippen LogP contribution >= 0.6 is 22.7 Å². The first-order valence-electron chi connectivity index (χ1n) is 6.49. The molecule has 7 heteroatoms. The Kier molecular flexibility index (Phi) is 3.60. The van der Waals surface area contributed by atoms with Crippen LogP contribution in [-0.4, -0.2) is 15.9 Å². The molecule has 0 fully saturated rings. The molecule has 0 radical (unpaired) electrons. The number of thiophene rings is 1. The van der Waals surface area contributed by atoms with Crippen LogP contribution in [0.4, 0.5) is 10.8 Å². The Bertz CT molecular complexity index is 822. The molecular formula is C14H14N4OS2. The van der Waals surface area contributed by atoms with Crippen molar-refractivity contribution in [3.63, 3.8) is 0 Å². The first kappa shape index (κ1) is 14.0. The van der Waals surface area contributed by atoms with E-state index >= 15 is 0 Å². The van der Waals surface area contributed by atoms with Crippen molar-refractivity contribution in [2.24, 2.45) is 0 Å². The molecule has 3 N–H and O–H groups in total. The van der Waals surface area contributed by atoms with Crippen LogP contribution in [0, 0.1) is 6.92 Å². The Morgan fingerprint density at radius 1 is 1.43 bits per heavy atom. The molecular weight excluding hydrogens is 304 g/mol. The number of pyridine rings is 1. The van der Waals surface area contributed by atoms with Gasteiger partial charge in [-0.05, 0) is 19.4 Å². The van der Waals surface area contributed by atoms with Gasteiger partial charge in [-0.2, -0.15) is 0 Å². The number of rotatable bonds is 3. The second-order valence-corrected chi connectivity index (χ2v) is 6.80. The van der Waals surface area contributed by atoms with Gasteiger partial charge in [-0.15, -0.1) is 22.7 Å². The van der Waals surface area contributed by atoms with Crippen molar-refractivity contribution in [2.75, 3.05) is 11.1 Å². The van der Waals surface area contributed by atoms with Gasteiger partial charge in [0.05, 0.1) is 16.1 Å². The Morgan fingerprint density at radius 2 is 2.24 bits per heavy atom. The molecule has 0 saturated carbocycles. The van der Waals surface area contributed by atoms with E-state index in [1.54, 1.807) is 12.4 Å². The van der Waals surface area contributed by atoms with E-state index in [1.165, 1.54) is 22.7 Å². The maximum absolute atomic E-state index is 12.4. The van der Waals surface area contributed by atoms with Crippen LogP contribution in [0.1, 0.15) is 27.2 Å². The average Bonchev–Trinajstić information content (AvgIpc) is 3.00. The molecule has 0 aromatic carbocycles. The number of amides is 1. The number of nitrogens with zero attached hydrogens (tertiary/aromatic N) is 2. The van der Waals surface area contributed by atoms with Crippen molar-refractivity contribution < 1.29 is 4.79 Å². The molecule has 3 heterocycles. The van der Waals surface area contributed by atoms with E-state index in [-0.39, 0.29) is 5.91 Å². The third kappa shape index (κ3) is 2.50. The number of thiazole rings is 1. The molecule has 1 amide bonds. The Balaban J connectivity index is 1.91. The summed E-state index contributed by atoms with van der Waals surface area (Å²) in [5.74, 6) is -0.217. The summed E-state index contributed by atoms with van der Waals surface area (Å²) in [4.78, 5) is 22.5. The number of carbonyl (C=O) groups is 1. The third-order valence-electron chi connectivity index (χ3n) is 3.19. The van der Waals surface area contributed by atoms with Crippen molar-refractivity contribution in [3.05, 3.63) is 33.9 Å². The van der Waals surface area contributed by atoms with Gasteiger partial charge < -0.3 is 5.73 Å². The lowest BCUT2D eigenvalue weighted by Gasteiger charge is -2.00. The van der Waals surface area contributed by atoms with Gasteiger partial charge in [-0.3, -0.25) is 15.1 Å². The molecule has 0 aliphatic carbocycles. The van der Waals surface area contributed by atoms with Crippen LogP contribution in [0.15, 0.2) is 18.5 Å². The standard InChI is InChI=1S/C14H14N4OS2/c1-3-9-7(2)20-14(17-9)18-13(19)12-11(15)8-4-5-16-6-10(8)21-12/h4-6H,3,15H2,1-2H3,(H,17,18,19). The van der Waals surface area contributed by atoms with E-state index < -0.39 is 0 Å². The predicted molar refractivity (Wildman–Crippen MR) is 88.2 cm³/mol. The number of hydrogen-bond acceptors (Lipinski definition) is 6. The molecule has 3 rings (SSSR count). The van der Waals surface area contributed by atoms with E-state index in [9.17, 15) is 4.79 Å². The molecule has 0 spiro atoms. The fourth-order valence-corrected chi connectivity index (χ4v) is 3.99. The summed E-state index contributed by atoms with van der Waals surface area (Å²) in [6.45, 7) is 4.05. The lowest BCUT2D eigenvalue weighted by Crippen LogP contribution is -2.11. The van der Waals surface area contributed by atoms with Crippen LogP contribution in [0.5, 0.6) is 0 Å². The number of nitrogen functional groups attached to an aromatic ring is 1. The van der Waals surface area contributed by atoms with E-state index in [2.05, 4.69) is 15.3 Å². The minimum atomic E-state index is -0.217. The van der Waals surface area contributed by atoms with Gasteiger partial charge in [0.15, 0.2) is 5.13 Å². The van der Waals surface area contributed by atoms with E-state index in [0.717, 1.165) is 27.1 Å². The number of nitrogens with two attached hydrogens (primary N) is 1. The molecule has 0 unspecified atom stereocenters. The van der Waals surface area contributed by atoms with Crippen LogP contribution < -0.4 is 11.1 Å². The minimum Gasteiger partial charge on any atom is -0.397 e. The summed E-state index contributed by atoms with van der Waals surface area (Å²) in [6.07, 6.45) is 4.25. The van der Waals surface area contributed by atoms with Crippen molar-refractivity contribution in [2.45, 2.75) is 20.3 Å². The summed E-state index contributed by atoms with van der Waals surface area (Å²) in [7, 11) is 0. The molecule has 5 nitrogen and oxygen atoms in total. The molecule has 3 aromatic rings. The first-order chi connectivity index (χ1) is 10.1. The highest BCUT2D eigenvalue weighted by Crippen LogP contribution is 2.33. The average molecular weight is 318 g/mol. The van der Waals surface area contributed by atoms with Crippen molar-refractivity contribution >= 4 is 49.5 Å². The summed E-state index contributed by atoms with van der Waals surface area (Å²) in [5.41, 5.74) is 7.58. The van der Waals surface area contributed by atoms with Gasteiger partial charge in [0.2, 0.25) is 0 Å². The van der Waals surface area contributed by atoms with Crippen LogP contribution in [0.3, 0.4) is 0 Å². The predicted octanol–water partition coefficient (Wildman–Crippen LogP) is 3.46. The van der Waals surface area contributed by atoms with Crippen LogP contribution in [-0.2, 0) is 6.42 Å². The highest BCUT2D eigenvalue weighted by atomic mass is 32.1. The Hall–Kier alpha value is -1.99. The quantitative estimate of drug-likeness (QED) is 0.775. The van der Waals surface area contributed by atoms with Crippen molar-refractivity contribution in [1.29, 1.82) is 0 Å². The minimum absolute atomic E-state index is 0.217. The van der Waals surface area contributed by atoms with Gasteiger partial charge in [-0.25, -0.2) is 4.98 Å². The van der Waals surface area contributed by atoms with Gasteiger partial charge in [-0.1, -0.05) is 6.92 Å². The molecule has 21 heavy (non-hydrogen) atoms. The molecule has 0 aliphatic rings. The van der Waals surface area contributed by atoms with Gasteiger partial charge >= 0.3 is 0 Å². The topological polar surface area (TPSA) is 80.9 Å². The van der Waals surface area contributed by atoms with Gasteiger partial charge in [0.1, 0.15) is 4.88 Å². The third-order valence-corrected chi connectivity index (χ3v) is 5.27. The fraction of sp³-hybridized carbons (Fsp3) is 0.214. The lowest BCUT2D eigenvalue weighted by molar-refractivity contribution is 0.103. The molecule has 108 valence electrons. The molecule has 0 saturated heterocycles. The largest absolute Gasteiger partial charge is 0.397 e. The second kappa shape index (κ2) is 5.42. The van der Waals surface area contributed by atoms with Gasteiger partial charge in [0.25, 0.3) is 5.91 Å². The van der Waals surface area contributed by atoms with Crippen LogP contribution in [0.25, 0.3) is 10.1 Å².